The van der Waals surface area contributed by atoms with Crippen molar-refractivity contribution in [3.8, 4) is 0 Å². The number of thiazole rings is 1. The zero-order valence-electron chi connectivity index (χ0n) is 16.0. The smallest absolute Gasteiger partial charge is 0.325 e. The number of rotatable bonds is 4. The van der Waals surface area contributed by atoms with Crippen molar-refractivity contribution in [2.24, 2.45) is 0 Å². The van der Waals surface area contributed by atoms with Crippen molar-refractivity contribution >= 4 is 29.0 Å². The molecular formula is C19H23N5O3S. The van der Waals surface area contributed by atoms with E-state index in [4.69, 9.17) is 9.72 Å². The number of esters is 1. The molecule has 4 rings (SSSR count). The van der Waals surface area contributed by atoms with Crippen LogP contribution in [-0.2, 0) is 21.4 Å². The normalized spacial score (nSPS) is 20.9. The zero-order chi connectivity index (χ0) is 19.7. The summed E-state index contributed by atoms with van der Waals surface area (Å²) in [5.74, 6) is 1.02. The van der Waals surface area contributed by atoms with Gasteiger partial charge in [-0.1, -0.05) is 0 Å². The van der Waals surface area contributed by atoms with Gasteiger partial charge in [0.1, 0.15) is 23.9 Å². The van der Waals surface area contributed by atoms with Gasteiger partial charge in [-0.05, 0) is 32.6 Å². The molecule has 1 aliphatic carbocycles. The number of carbonyl (C=O) groups excluding carboxylic acids is 2. The maximum absolute atomic E-state index is 12.8. The average Bonchev–Trinajstić information content (AvgIpc) is 3.35. The van der Waals surface area contributed by atoms with E-state index in [0.717, 1.165) is 43.5 Å². The SMILES string of the molecule is COC(=O)CNc1nc(C)nc2c1CCC21CCCN(C(=O)c2cscn2)C1. The molecule has 0 radical (unpaired) electrons. The predicted molar refractivity (Wildman–Crippen MR) is 105 cm³/mol. The maximum atomic E-state index is 12.8. The van der Waals surface area contributed by atoms with Crippen LogP contribution in [0, 0.1) is 6.92 Å². The van der Waals surface area contributed by atoms with E-state index in [1.807, 2.05) is 11.8 Å². The molecule has 8 nitrogen and oxygen atoms in total. The zero-order valence-corrected chi connectivity index (χ0v) is 16.8. The summed E-state index contributed by atoms with van der Waals surface area (Å²) in [4.78, 5) is 39.7. The topological polar surface area (TPSA) is 97.3 Å². The molecule has 2 aromatic heterocycles. The van der Waals surface area contributed by atoms with Gasteiger partial charge in [0.25, 0.3) is 5.91 Å². The Kier molecular flexibility index (Phi) is 5.01. The number of anilines is 1. The summed E-state index contributed by atoms with van der Waals surface area (Å²) in [6.45, 7) is 3.31. The summed E-state index contributed by atoms with van der Waals surface area (Å²) in [6, 6.07) is 0. The maximum Gasteiger partial charge on any atom is 0.325 e. The lowest BCUT2D eigenvalue weighted by atomic mass is 9.77. The Labute approximate surface area is 167 Å². The molecule has 0 bridgehead atoms. The van der Waals surface area contributed by atoms with E-state index in [1.54, 1.807) is 10.9 Å². The molecular weight excluding hydrogens is 378 g/mol. The Hall–Kier alpha value is -2.55. The van der Waals surface area contributed by atoms with Crippen LogP contribution in [0.4, 0.5) is 5.82 Å². The monoisotopic (exact) mass is 401 g/mol. The minimum atomic E-state index is -0.338. The Morgan fingerprint density at radius 2 is 2.21 bits per heavy atom. The quantitative estimate of drug-likeness (QED) is 0.782. The number of carbonyl (C=O) groups is 2. The standard InChI is InChI=1S/C19H23N5O3S/c1-12-22-16-13(17(23-12)20-8-15(25)27-2)4-6-19(16)5-3-7-24(10-19)18(26)14-9-28-11-21-14/h9,11H,3-8,10H2,1-2H3,(H,20,22,23). The van der Waals surface area contributed by atoms with Crippen LogP contribution >= 0.6 is 11.3 Å². The number of amides is 1. The van der Waals surface area contributed by atoms with Crippen molar-refractivity contribution in [2.45, 2.75) is 38.0 Å². The van der Waals surface area contributed by atoms with Gasteiger partial charge in [-0.25, -0.2) is 15.0 Å². The highest BCUT2D eigenvalue weighted by molar-refractivity contribution is 7.07. The summed E-state index contributed by atoms with van der Waals surface area (Å²) in [5.41, 5.74) is 4.11. The molecule has 148 valence electrons. The molecule has 1 unspecified atom stereocenters. The number of piperidine rings is 1. The van der Waals surface area contributed by atoms with Gasteiger partial charge in [0.05, 0.1) is 18.3 Å². The lowest BCUT2D eigenvalue weighted by Crippen LogP contribution is -2.48. The number of nitrogens with zero attached hydrogens (tertiary/aromatic N) is 4. The first kappa shape index (κ1) is 18.8. The summed E-state index contributed by atoms with van der Waals surface area (Å²) in [7, 11) is 1.37. The Morgan fingerprint density at radius 1 is 1.36 bits per heavy atom. The lowest BCUT2D eigenvalue weighted by Gasteiger charge is -2.40. The molecule has 3 heterocycles. The molecule has 9 heteroatoms. The van der Waals surface area contributed by atoms with Crippen LogP contribution in [0.2, 0.25) is 0 Å². The van der Waals surface area contributed by atoms with Gasteiger partial charge < -0.3 is 15.0 Å². The van der Waals surface area contributed by atoms with Crippen molar-refractivity contribution in [3.63, 3.8) is 0 Å². The second-order valence-electron chi connectivity index (χ2n) is 7.36. The third-order valence-corrected chi connectivity index (χ3v) is 6.20. The number of nitrogens with one attached hydrogen (secondary N) is 1. The van der Waals surface area contributed by atoms with Gasteiger partial charge >= 0.3 is 5.97 Å². The molecule has 0 saturated carbocycles. The van der Waals surface area contributed by atoms with Gasteiger partial charge in [-0.15, -0.1) is 11.3 Å². The van der Waals surface area contributed by atoms with Gasteiger partial charge in [0, 0.05) is 29.4 Å². The van der Waals surface area contributed by atoms with E-state index in [1.165, 1.54) is 18.4 Å². The summed E-state index contributed by atoms with van der Waals surface area (Å²) >= 11 is 1.43. The Bertz CT molecular complexity index is 901. The first-order chi connectivity index (χ1) is 13.5. The van der Waals surface area contributed by atoms with Crippen LogP contribution in [0.5, 0.6) is 0 Å². The average molecular weight is 401 g/mol. The number of methoxy groups -OCH3 is 1. The fraction of sp³-hybridized carbons (Fsp3) is 0.526. The molecule has 1 atom stereocenters. The lowest BCUT2D eigenvalue weighted by molar-refractivity contribution is -0.138. The fourth-order valence-electron chi connectivity index (χ4n) is 4.31. The first-order valence-corrected chi connectivity index (χ1v) is 10.3. The van der Waals surface area contributed by atoms with E-state index < -0.39 is 0 Å². The molecule has 1 amide bonds. The molecule has 0 aromatic carbocycles. The molecule has 1 saturated heterocycles. The molecule has 1 fully saturated rings. The predicted octanol–water partition coefficient (Wildman–Crippen LogP) is 1.95. The van der Waals surface area contributed by atoms with Crippen molar-refractivity contribution < 1.29 is 14.3 Å². The summed E-state index contributed by atoms with van der Waals surface area (Å²) in [6.07, 6.45) is 3.68. The first-order valence-electron chi connectivity index (χ1n) is 9.38. The Balaban J connectivity index is 1.61. The second kappa shape index (κ2) is 7.46. The molecule has 1 spiro atoms. The fourth-order valence-corrected chi connectivity index (χ4v) is 4.84. The van der Waals surface area contributed by atoms with Gasteiger partial charge in [-0.2, -0.15) is 0 Å². The van der Waals surface area contributed by atoms with Crippen molar-refractivity contribution in [1.29, 1.82) is 0 Å². The van der Waals surface area contributed by atoms with Crippen LogP contribution < -0.4 is 5.32 Å². The van der Waals surface area contributed by atoms with Crippen LogP contribution in [0.15, 0.2) is 10.9 Å². The highest BCUT2D eigenvalue weighted by Gasteiger charge is 2.46. The molecule has 2 aromatic rings. The molecule has 1 N–H and O–H groups in total. The third kappa shape index (κ3) is 3.34. The number of aromatic nitrogens is 3. The van der Waals surface area contributed by atoms with Crippen molar-refractivity contribution in [3.05, 3.63) is 33.7 Å². The Morgan fingerprint density at radius 3 is 2.96 bits per heavy atom. The van der Waals surface area contributed by atoms with Crippen LogP contribution in [0.3, 0.4) is 0 Å². The van der Waals surface area contributed by atoms with E-state index in [-0.39, 0.29) is 23.8 Å². The van der Waals surface area contributed by atoms with E-state index in [2.05, 4.69) is 15.3 Å². The van der Waals surface area contributed by atoms with Gasteiger partial charge in [-0.3, -0.25) is 9.59 Å². The highest BCUT2D eigenvalue weighted by Crippen LogP contribution is 2.46. The molecule has 1 aliphatic heterocycles. The largest absolute Gasteiger partial charge is 0.468 e. The number of hydrogen-bond acceptors (Lipinski definition) is 8. The number of fused-ring (bicyclic) bond motifs is 2. The number of aryl methyl sites for hydroxylation is 1. The van der Waals surface area contributed by atoms with Gasteiger partial charge in [0.2, 0.25) is 0 Å². The minimum Gasteiger partial charge on any atom is -0.468 e. The van der Waals surface area contributed by atoms with E-state index in [0.29, 0.717) is 23.9 Å². The molecule has 28 heavy (non-hydrogen) atoms. The van der Waals surface area contributed by atoms with E-state index in [9.17, 15) is 9.59 Å². The van der Waals surface area contributed by atoms with Gasteiger partial charge in [0.15, 0.2) is 0 Å². The number of ether oxygens (including phenoxy) is 1. The highest BCUT2D eigenvalue weighted by atomic mass is 32.1. The summed E-state index contributed by atoms with van der Waals surface area (Å²) < 4.78 is 4.71. The van der Waals surface area contributed by atoms with E-state index >= 15 is 0 Å². The van der Waals surface area contributed by atoms with Crippen molar-refractivity contribution in [1.82, 2.24) is 19.9 Å². The summed E-state index contributed by atoms with van der Waals surface area (Å²) in [5, 5.41) is 4.90. The van der Waals surface area contributed by atoms with Crippen LogP contribution in [-0.4, -0.2) is 58.5 Å². The van der Waals surface area contributed by atoms with Crippen LogP contribution in [0.25, 0.3) is 0 Å². The number of hydrogen-bond donors (Lipinski definition) is 1. The molecule has 2 aliphatic rings. The second-order valence-corrected chi connectivity index (χ2v) is 8.08. The third-order valence-electron chi connectivity index (χ3n) is 5.62. The van der Waals surface area contributed by atoms with Crippen molar-refractivity contribution in [2.75, 3.05) is 32.1 Å². The number of likely N-dealkylation sites (tertiary alicyclic amines) is 1. The minimum absolute atomic E-state index is 0.0106. The van der Waals surface area contributed by atoms with Crippen LogP contribution in [0.1, 0.15) is 46.8 Å².